The molecular weight excluding hydrogens is 245 g/mol. The number of aromatic nitrogens is 1. The van der Waals surface area contributed by atoms with Gasteiger partial charge in [-0.2, -0.15) is 5.26 Å². The molecule has 2 N–H and O–H groups in total. The van der Waals surface area contributed by atoms with Crippen molar-refractivity contribution in [3.8, 4) is 17.5 Å². The molecule has 0 aliphatic heterocycles. The van der Waals surface area contributed by atoms with Crippen molar-refractivity contribution in [2.75, 3.05) is 12.3 Å². The molecule has 0 atom stereocenters. The van der Waals surface area contributed by atoms with Crippen LogP contribution in [-0.2, 0) is 0 Å². The van der Waals surface area contributed by atoms with Crippen LogP contribution in [0.25, 0.3) is 5.69 Å². The van der Waals surface area contributed by atoms with Crippen molar-refractivity contribution in [1.82, 2.24) is 4.57 Å². The quantitative estimate of drug-likeness (QED) is 0.859. The van der Waals surface area contributed by atoms with E-state index < -0.39 is 5.82 Å². The standard InChI is InChI=1S/C14H14FN3O/c1-2-6-19-14-8-13(12(17)7-11(14)15)18-5-3-4-10(18)9-16/h3-5,7-8H,2,6,17H2,1H3. The van der Waals surface area contributed by atoms with Gasteiger partial charge in [-0.15, -0.1) is 0 Å². The van der Waals surface area contributed by atoms with Crippen LogP contribution in [-0.4, -0.2) is 11.2 Å². The number of rotatable bonds is 4. The van der Waals surface area contributed by atoms with E-state index in [2.05, 4.69) is 6.07 Å². The molecule has 0 unspecified atom stereocenters. The lowest BCUT2D eigenvalue weighted by atomic mass is 10.2. The lowest BCUT2D eigenvalue weighted by molar-refractivity contribution is 0.301. The second-order valence-corrected chi connectivity index (χ2v) is 4.07. The van der Waals surface area contributed by atoms with E-state index in [1.807, 2.05) is 6.92 Å². The first kappa shape index (κ1) is 13.0. The minimum atomic E-state index is -0.500. The lowest BCUT2D eigenvalue weighted by Crippen LogP contribution is -2.04. The third-order valence-electron chi connectivity index (χ3n) is 2.67. The molecule has 19 heavy (non-hydrogen) atoms. The SMILES string of the molecule is CCCOc1cc(-n2cccc2C#N)c(N)cc1F. The van der Waals surface area contributed by atoms with Crippen molar-refractivity contribution in [2.45, 2.75) is 13.3 Å². The summed E-state index contributed by atoms with van der Waals surface area (Å²) in [7, 11) is 0. The van der Waals surface area contributed by atoms with Crippen LogP contribution in [0.5, 0.6) is 5.75 Å². The Labute approximate surface area is 110 Å². The van der Waals surface area contributed by atoms with Crippen LogP contribution >= 0.6 is 0 Å². The number of anilines is 1. The molecule has 2 rings (SSSR count). The second kappa shape index (κ2) is 5.44. The average molecular weight is 259 g/mol. The summed E-state index contributed by atoms with van der Waals surface area (Å²) >= 11 is 0. The van der Waals surface area contributed by atoms with Gasteiger partial charge in [0.25, 0.3) is 0 Å². The maximum atomic E-state index is 13.7. The molecule has 1 aromatic heterocycles. The van der Waals surface area contributed by atoms with Gasteiger partial charge in [-0.25, -0.2) is 4.39 Å². The maximum absolute atomic E-state index is 13.7. The zero-order chi connectivity index (χ0) is 13.8. The third kappa shape index (κ3) is 2.52. The highest BCUT2D eigenvalue weighted by Crippen LogP contribution is 2.28. The molecule has 0 saturated carbocycles. The maximum Gasteiger partial charge on any atom is 0.167 e. The van der Waals surface area contributed by atoms with Crippen molar-refractivity contribution in [1.29, 1.82) is 5.26 Å². The number of nitrogen functional groups attached to an aromatic ring is 1. The predicted octanol–water partition coefficient (Wildman–Crippen LogP) is 2.86. The molecule has 0 fully saturated rings. The summed E-state index contributed by atoms with van der Waals surface area (Å²) in [5.74, 6) is -0.357. The molecule has 98 valence electrons. The fourth-order valence-corrected chi connectivity index (χ4v) is 1.77. The Morgan fingerprint density at radius 2 is 2.26 bits per heavy atom. The first-order chi connectivity index (χ1) is 9.17. The number of hydrogen-bond donors (Lipinski definition) is 1. The second-order valence-electron chi connectivity index (χ2n) is 4.07. The predicted molar refractivity (Wildman–Crippen MR) is 70.6 cm³/mol. The largest absolute Gasteiger partial charge is 0.490 e. The topological polar surface area (TPSA) is 64.0 Å². The summed E-state index contributed by atoms with van der Waals surface area (Å²) in [6, 6.07) is 8.17. The highest BCUT2D eigenvalue weighted by Gasteiger charge is 2.12. The molecule has 0 aliphatic carbocycles. The summed E-state index contributed by atoms with van der Waals surface area (Å²) in [5, 5.41) is 9.01. The van der Waals surface area contributed by atoms with Crippen molar-refractivity contribution >= 4 is 5.69 Å². The first-order valence-corrected chi connectivity index (χ1v) is 5.97. The van der Waals surface area contributed by atoms with Gasteiger partial charge in [-0.1, -0.05) is 6.92 Å². The Morgan fingerprint density at radius 3 is 2.95 bits per heavy atom. The number of nitriles is 1. The van der Waals surface area contributed by atoms with Crippen molar-refractivity contribution < 1.29 is 9.13 Å². The van der Waals surface area contributed by atoms with Crippen molar-refractivity contribution in [2.24, 2.45) is 0 Å². The summed E-state index contributed by atoms with van der Waals surface area (Å²) in [6.07, 6.45) is 2.48. The van der Waals surface area contributed by atoms with Gasteiger partial charge in [-0.3, -0.25) is 0 Å². The lowest BCUT2D eigenvalue weighted by Gasteiger charge is -2.12. The summed E-state index contributed by atoms with van der Waals surface area (Å²) in [4.78, 5) is 0. The van der Waals surface area contributed by atoms with Gasteiger partial charge in [0.15, 0.2) is 11.6 Å². The number of hydrogen-bond acceptors (Lipinski definition) is 3. The van der Waals surface area contributed by atoms with Gasteiger partial charge in [0.05, 0.1) is 18.0 Å². The van der Waals surface area contributed by atoms with Crippen LogP contribution in [0.15, 0.2) is 30.5 Å². The zero-order valence-corrected chi connectivity index (χ0v) is 10.6. The van der Waals surface area contributed by atoms with E-state index in [1.54, 1.807) is 22.9 Å². The van der Waals surface area contributed by atoms with Crippen molar-refractivity contribution in [3.05, 3.63) is 42.0 Å². The van der Waals surface area contributed by atoms with E-state index in [0.717, 1.165) is 6.42 Å². The molecule has 1 heterocycles. The third-order valence-corrected chi connectivity index (χ3v) is 2.67. The van der Waals surface area contributed by atoms with Crippen LogP contribution in [0.2, 0.25) is 0 Å². The highest BCUT2D eigenvalue weighted by atomic mass is 19.1. The number of nitrogens with zero attached hydrogens (tertiary/aromatic N) is 2. The van der Waals surface area contributed by atoms with Crippen molar-refractivity contribution in [3.63, 3.8) is 0 Å². The molecule has 0 spiro atoms. The molecule has 0 amide bonds. The minimum Gasteiger partial charge on any atom is -0.490 e. The van der Waals surface area contributed by atoms with E-state index in [4.69, 9.17) is 15.7 Å². The van der Waals surface area contributed by atoms with E-state index in [0.29, 0.717) is 18.0 Å². The highest BCUT2D eigenvalue weighted by molar-refractivity contribution is 5.62. The van der Waals surface area contributed by atoms with E-state index in [9.17, 15) is 4.39 Å². The number of halogens is 1. The van der Waals surface area contributed by atoms with Crippen LogP contribution in [0, 0.1) is 17.1 Å². The van der Waals surface area contributed by atoms with Crippen LogP contribution in [0.3, 0.4) is 0 Å². The fourth-order valence-electron chi connectivity index (χ4n) is 1.77. The Morgan fingerprint density at radius 1 is 1.47 bits per heavy atom. The van der Waals surface area contributed by atoms with Crippen LogP contribution < -0.4 is 10.5 Å². The smallest absolute Gasteiger partial charge is 0.167 e. The van der Waals surface area contributed by atoms with Gasteiger partial charge < -0.3 is 15.0 Å². The first-order valence-electron chi connectivity index (χ1n) is 5.97. The monoisotopic (exact) mass is 259 g/mol. The Balaban J connectivity index is 2.49. The van der Waals surface area contributed by atoms with E-state index in [-0.39, 0.29) is 11.4 Å². The van der Waals surface area contributed by atoms with Gasteiger partial charge >= 0.3 is 0 Å². The minimum absolute atomic E-state index is 0.142. The number of nitrogens with two attached hydrogens (primary N) is 1. The summed E-state index contributed by atoms with van der Waals surface area (Å²) < 4.78 is 20.6. The van der Waals surface area contributed by atoms with Gasteiger partial charge in [0.2, 0.25) is 0 Å². The summed E-state index contributed by atoms with van der Waals surface area (Å²) in [6.45, 7) is 2.37. The number of ether oxygens (including phenoxy) is 1. The van der Waals surface area contributed by atoms with Gasteiger partial charge in [-0.05, 0) is 18.6 Å². The normalized spacial score (nSPS) is 10.2. The Bertz CT molecular complexity index is 628. The molecule has 0 bridgehead atoms. The van der Waals surface area contributed by atoms with E-state index >= 15 is 0 Å². The fraction of sp³-hybridized carbons (Fsp3) is 0.214. The molecule has 5 heteroatoms. The average Bonchev–Trinajstić information content (AvgIpc) is 2.86. The molecule has 0 radical (unpaired) electrons. The van der Waals surface area contributed by atoms with E-state index in [1.165, 1.54) is 12.1 Å². The van der Waals surface area contributed by atoms with Crippen LogP contribution in [0.1, 0.15) is 19.0 Å². The number of benzene rings is 1. The zero-order valence-electron chi connectivity index (χ0n) is 10.6. The Hall–Kier alpha value is -2.48. The molecule has 1 aromatic carbocycles. The van der Waals surface area contributed by atoms with Crippen LogP contribution in [0.4, 0.5) is 10.1 Å². The van der Waals surface area contributed by atoms with Gasteiger partial charge in [0, 0.05) is 18.3 Å². The Kier molecular flexibility index (Phi) is 3.71. The molecule has 4 nitrogen and oxygen atoms in total. The summed E-state index contributed by atoms with van der Waals surface area (Å²) in [5.41, 5.74) is 7.03. The van der Waals surface area contributed by atoms with Gasteiger partial charge in [0.1, 0.15) is 11.8 Å². The molecule has 0 aliphatic rings. The molecule has 2 aromatic rings. The molecule has 0 saturated heterocycles. The molecular formula is C14H14FN3O.